The number of aliphatic carboxylic acids is 1. The van der Waals surface area contributed by atoms with Gasteiger partial charge in [0.1, 0.15) is 24.9 Å². The first kappa shape index (κ1) is 46.3. The van der Waals surface area contributed by atoms with E-state index in [0.717, 1.165) is 38.9 Å². The van der Waals surface area contributed by atoms with Gasteiger partial charge >= 0.3 is 18.0 Å². The first-order valence-electron chi connectivity index (χ1n) is 22.4. The summed E-state index contributed by atoms with van der Waals surface area (Å²) in [6.07, 6.45) is -6.32. The summed E-state index contributed by atoms with van der Waals surface area (Å²) in [5.74, 6) is -2.92. The Labute approximate surface area is 398 Å². The molecule has 348 valence electrons. The number of thioether (sulfide) groups is 1. The van der Waals surface area contributed by atoms with E-state index < -0.39 is 78.3 Å². The van der Waals surface area contributed by atoms with Gasteiger partial charge in [-0.05, 0) is 38.9 Å². The summed E-state index contributed by atoms with van der Waals surface area (Å²) in [6.45, 7) is 0.614. The molecule has 0 spiro atoms. The summed E-state index contributed by atoms with van der Waals surface area (Å²) in [7, 11) is 0. The van der Waals surface area contributed by atoms with E-state index in [1.165, 1.54) is 18.7 Å². The lowest BCUT2D eigenvalue weighted by Gasteiger charge is -2.49. The average Bonchev–Trinajstić information content (AvgIpc) is 3.69. The summed E-state index contributed by atoms with van der Waals surface area (Å²) in [5.41, 5.74) is 7.64. The van der Waals surface area contributed by atoms with Crippen molar-refractivity contribution in [1.29, 1.82) is 0 Å². The molecule has 68 heavy (non-hydrogen) atoms. The van der Waals surface area contributed by atoms with Crippen molar-refractivity contribution < 1.29 is 52.7 Å². The van der Waals surface area contributed by atoms with E-state index in [1.807, 2.05) is 170 Å². The van der Waals surface area contributed by atoms with Gasteiger partial charge in [-0.2, -0.15) is 0 Å². The van der Waals surface area contributed by atoms with Crippen molar-refractivity contribution >= 4 is 35.7 Å². The maximum Gasteiger partial charge on any atom is 0.407 e. The lowest BCUT2D eigenvalue weighted by Crippen LogP contribution is -2.68. The topological polar surface area (TPSA) is 168 Å². The molecule has 0 saturated carbocycles. The fourth-order valence-corrected chi connectivity index (χ4v) is 10.6. The van der Waals surface area contributed by atoms with Gasteiger partial charge in [0.15, 0.2) is 24.7 Å². The van der Waals surface area contributed by atoms with Gasteiger partial charge in [-0.3, -0.25) is 9.59 Å². The molecule has 3 N–H and O–H groups in total. The summed E-state index contributed by atoms with van der Waals surface area (Å²) in [6, 6.07) is 51.9. The second-order valence-corrected chi connectivity index (χ2v) is 17.9. The van der Waals surface area contributed by atoms with Crippen LogP contribution < -0.4 is 10.6 Å². The maximum absolute atomic E-state index is 14.5. The molecule has 0 bridgehead atoms. The molecule has 2 saturated heterocycles. The molecule has 2 heterocycles. The van der Waals surface area contributed by atoms with Crippen molar-refractivity contribution in [2.24, 2.45) is 0 Å². The molecule has 2 fully saturated rings. The van der Waals surface area contributed by atoms with E-state index in [4.69, 9.17) is 28.4 Å². The molecule has 13 nitrogen and oxygen atoms in total. The van der Waals surface area contributed by atoms with Gasteiger partial charge in [0, 0.05) is 18.4 Å². The minimum Gasteiger partial charge on any atom is -0.480 e. The summed E-state index contributed by atoms with van der Waals surface area (Å²) >= 11 is 1.39. The minimum absolute atomic E-state index is 0.0286. The van der Waals surface area contributed by atoms with E-state index in [0.29, 0.717) is 5.56 Å². The maximum atomic E-state index is 14.5. The normalized spacial score (nSPS) is 21.2. The van der Waals surface area contributed by atoms with Crippen molar-refractivity contribution in [3.63, 3.8) is 0 Å². The molecule has 3 aliphatic rings. The first-order chi connectivity index (χ1) is 33.2. The smallest absolute Gasteiger partial charge is 0.407 e. The van der Waals surface area contributed by atoms with Crippen LogP contribution in [0, 0.1) is 0 Å². The molecule has 7 atom stereocenters. The number of ether oxygens (including phenoxy) is 6. The van der Waals surface area contributed by atoms with Crippen LogP contribution in [0.3, 0.4) is 0 Å². The SMILES string of the molecule is CC(=O)N[C@@H]1[C@H](OC[C@@H](NC(=O)OCC2c3ccccc3-c3ccccc32)C(=O)O)OC2COC(c3ccccc3)O[C@H]2[C@@H]1OC(=O)CSC(c1ccccc1)(c1ccccc1)c1ccccc1. The van der Waals surface area contributed by atoms with Crippen LogP contribution in [0.5, 0.6) is 0 Å². The Balaban J connectivity index is 0.951. The van der Waals surface area contributed by atoms with Crippen molar-refractivity contribution in [3.8, 4) is 11.1 Å². The van der Waals surface area contributed by atoms with Crippen molar-refractivity contribution in [3.05, 3.63) is 203 Å². The third-order valence-electron chi connectivity index (χ3n) is 12.4. The van der Waals surface area contributed by atoms with E-state index >= 15 is 0 Å². The quantitative estimate of drug-likeness (QED) is 0.0634. The third-order valence-corrected chi connectivity index (χ3v) is 13.9. The number of amides is 2. The predicted molar refractivity (Wildman–Crippen MR) is 253 cm³/mol. The summed E-state index contributed by atoms with van der Waals surface area (Å²) in [5, 5.41) is 15.5. The molecule has 0 aromatic heterocycles. The standard InChI is InChI=1S/C54H50N2O11S/c1-34(57)55-47-49(66-46(58)33-68-54(36-20-8-3-9-21-36,37-22-10-4-11-23-37)38-24-12-5-13-25-38)48-45(32-63-51(67-48)35-18-6-2-7-19-35)65-52(47)62-31-44(50(59)60)56-53(61)64-30-43-41-28-16-14-26-39(41)40-27-15-17-29-42(40)43/h2-29,43-45,47-49,51-52H,30-33H2,1H3,(H,55,57)(H,56,61)(H,59,60)/t44-,45?,47+,48-,49-,51?,52-/m1/s1. The molecule has 0 radical (unpaired) electrons. The highest BCUT2D eigenvalue weighted by atomic mass is 32.2. The van der Waals surface area contributed by atoms with E-state index in [-0.39, 0.29) is 24.9 Å². The molecule has 2 aliphatic heterocycles. The Morgan fingerprint density at radius 2 is 1.25 bits per heavy atom. The number of nitrogens with one attached hydrogen (secondary N) is 2. The highest BCUT2D eigenvalue weighted by Crippen LogP contribution is 2.49. The van der Waals surface area contributed by atoms with Crippen LogP contribution in [0.2, 0.25) is 0 Å². The number of carboxylic acids is 1. The summed E-state index contributed by atoms with van der Waals surface area (Å²) in [4.78, 5) is 53.4. The number of carbonyl (C=O) groups excluding carboxylic acids is 3. The molecule has 2 amide bonds. The fraction of sp³-hybridized carbons (Fsp3) is 0.259. The molecule has 6 aromatic rings. The second kappa shape index (κ2) is 21.0. The van der Waals surface area contributed by atoms with Gasteiger partial charge < -0.3 is 44.2 Å². The van der Waals surface area contributed by atoms with Gasteiger partial charge in [0.2, 0.25) is 5.91 Å². The van der Waals surface area contributed by atoms with Crippen molar-refractivity contribution in [1.82, 2.24) is 10.6 Å². The molecule has 9 rings (SSSR count). The Kier molecular flexibility index (Phi) is 14.3. The van der Waals surface area contributed by atoms with Crippen LogP contribution in [0.1, 0.15) is 52.5 Å². The van der Waals surface area contributed by atoms with Gasteiger partial charge in [0.05, 0.1) is 23.7 Å². The number of rotatable bonds is 16. The van der Waals surface area contributed by atoms with Crippen LogP contribution in [0.15, 0.2) is 170 Å². The van der Waals surface area contributed by atoms with Crippen LogP contribution in [0.4, 0.5) is 4.79 Å². The number of esters is 1. The lowest BCUT2D eigenvalue weighted by molar-refractivity contribution is -0.345. The molecule has 1 aliphatic carbocycles. The van der Waals surface area contributed by atoms with Crippen molar-refractivity contribution in [2.75, 3.05) is 25.6 Å². The van der Waals surface area contributed by atoms with E-state index in [2.05, 4.69) is 10.6 Å². The zero-order valence-electron chi connectivity index (χ0n) is 37.1. The lowest BCUT2D eigenvalue weighted by atomic mass is 9.84. The van der Waals surface area contributed by atoms with Crippen LogP contribution in [-0.4, -0.2) is 91.3 Å². The molecule has 6 aromatic carbocycles. The van der Waals surface area contributed by atoms with Gasteiger partial charge in [-0.25, -0.2) is 9.59 Å². The number of carboxylic acid groups (broad SMARTS) is 1. The van der Waals surface area contributed by atoms with Crippen LogP contribution >= 0.6 is 11.8 Å². The number of hydrogen-bond donors (Lipinski definition) is 3. The zero-order chi connectivity index (χ0) is 47.0. The van der Waals surface area contributed by atoms with Gasteiger partial charge in [-0.1, -0.05) is 170 Å². The van der Waals surface area contributed by atoms with E-state index in [9.17, 15) is 24.3 Å². The highest BCUT2D eigenvalue weighted by Gasteiger charge is 2.53. The Morgan fingerprint density at radius 1 is 0.721 bits per heavy atom. The van der Waals surface area contributed by atoms with Crippen LogP contribution in [-0.2, 0) is 47.6 Å². The molecular formula is C54H50N2O11S. The number of carbonyl (C=O) groups is 4. The molecule has 14 heteroatoms. The number of alkyl carbamates (subject to hydrolysis) is 1. The van der Waals surface area contributed by atoms with Crippen LogP contribution in [0.25, 0.3) is 11.1 Å². The highest BCUT2D eigenvalue weighted by molar-refractivity contribution is 8.01. The minimum atomic E-state index is -1.61. The Hall–Kier alpha value is -6.81. The number of fused-ring (bicyclic) bond motifs is 4. The van der Waals surface area contributed by atoms with Gasteiger partial charge in [-0.15, -0.1) is 11.8 Å². The largest absolute Gasteiger partial charge is 0.480 e. The first-order valence-corrected chi connectivity index (χ1v) is 23.4. The fourth-order valence-electron chi connectivity index (χ4n) is 9.29. The summed E-state index contributed by atoms with van der Waals surface area (Å²) < 4.78 is 36.4. The Bertz CT molecular complexity index is 2550. The Morgan fingerprint density at radius 3 is 1.79 bits per heavy atom. The zero-order valence-corrected chi connectivity index (χ0v) is 37.9. The average molecular weight is 935 g/mol. The number of benzene rings is 6. The monoisotopic (exact) mass is 934 g/mol. The van der Waals surface area contributed by atoms with E-state index in [1.54, 1.807) is 0 Å². The van der Waals surface area contributed by atoms with Crippen molar-refractivity contribution in [2.45, 2.75) is 60.6 Å². The molecular weight excluding hydrogens is 885 g/mol. The number of hydrogen-bond acceptors (Lipinski definition) is 11. The second-order valence-electron chi connectivity index (χ2n) is 16.7. The van der Waals surface area contributed by atoms with Gasteiger partial charge in [0.25, 0.3) is 0 Å². The molecule has 2 unspecified atom stereocenters. The predicted octanol–water partition coefficient (Wildman–Crippen LogP) is 7.98. The third kappa shape index (κ3) is 9.91.